The van der Waals surface area contributed by atoms with Crippen molar-refractivity contribution in [2.24, 2.45) is 0 Å². The summed E-state index contributed by atoms with van der Waals surface area (Å²) in [5.41, 5.74) is 4.22. The number of H-pyrrole nitrogens is 1. The minimum Gasteiger partial charge on any atom is -0.465 e. The number of pyridine rings is 1. The zero-order valence-electron chi connectivity index (χ0n) is 17.7. The normalized spacial score (nSPS) is 10.8. The van der Waals surface area contributed by atoms with Crippen LogP contribution >= 0.6 is 0 Å². The minimum atomic E-state index is -0.580. The summed E-state index contributed by atoms with van der Waals surface area (Å²) in [4.78, 5) is 45.0. The first-order valence-electron chi connectivity index (χ1n) is 9.66. The number of Topliss-reactive ketones (excluding diaryl/α,β-unsaturated/α-hetero) is 1. The minimum absolute atomic E-state index is 0.228. The van der Waals surface area contributed by atoms with Gasteiger partial charge in [-0.2, -0.15) is 0 Å². The van der Waals surface area contributed by atoms with Gasteiger partial charge in [-0.05, 0) is 44.4 Å². The van der Waals surface area contributed by atoms with Gasteiger partial charge in [0.25, 0.3) is 0 Å². The number of methoxy groups -OCH3 is 1. The topological polar surface area (TPSA) is 98.4 Å². The highest BCUT2D eigenvalue weighted by Crippen LogP contribution is 2.25. The quantitative estimate of drug-likeness (QED) is 0.491. The summed E-state index contributed by atoms with van der Waals surface area (Å²) in [6.07, 6.45) is 0.674. The first kappa shape index (κ1) is 21.2. The molecule has 0 saturated heterocycles. The third-order valence-corrected chi connectivity index (χ3v) is 5.22. The summed E-state index contributed by atoms with van der Waals surface area (Å²) >= 11 is 0. The van der Waals surface area contributed by atoms with Crippen molar-refractivity contribution in [1.29, 1.82) is 0 Å². The van der Waals surface area contributed by atoms with Gasteiger partial charge in [-0.25, -0.2) is 9.59 Å². The second-order valence-electron chi connectivity index (χ2n) is 7.05. The van der Waals surface area contributed by atoms with Crippen LogP contribution in [0.25, 0.3) is 10.9 Å². The lowest BCUT2D eigenvalue weighted by Crippen LogP contribution is -2.17. The molecule has 0 bridgehead atoms. The van der Waals surface area contributed by atoms with E-state index in [9.17, 15) is 14.4 Å². The average molecular weight is 408 g/mol. The molecule has 0 spiro atoms. The predicted molar refractivity (Wildman–Crippen MR) is 112 cm³/mol. The number of aromatic nitrogens is 2. The number of aromatic amines is 1. The first-order valence-corrected chi connectivity index (χ1v) is 9.66. The molecule has 0 aliphatic carbocycles. The van der Waals surface area contributed by atoms with Gasteiger partial charge in [0.15, 0.2) is 6.61 Å². The third-order valence-electron chi connectivity index (χ3n) is 5.22. The fourth-order valence-electron chi connectivity index (χ4n) is 3.68. The molecule has 156 valence electrons. The van der Waals surface area contributed by atoms with Gasteiger partial charge < -0.3 is 14.5 Å². The number of aryl methyl sites for hydroxylation is 2. The molecule has 0 fully saturated rings. The smallest absolute Gasteiger partial charge is 0.339 e. The number of esters is 2. The highest BCUT2D eigenvalue weighted by molar-refractivity contribution is 6.07. The van der Waals surface area contributed by atoms with E-state index in [1.165, 1.54) is 7.11 Å². The zero-order valence-corrected chi connectivity index (χ0v) is 17.7. The molecule has 7 nitrogen and oxygen atoms in total. The van der Waals surface area contributed by atoms with E-state index in [-0.39, 0.29) is 5.69 Å². The van der Waals surface area contributed by atoms with Crippen molar-refractivity contribution in [2.75, 3.05) is 13.7 Å². The highest BCUT2D eigenvalue weighted by Gasteiger charge is 2.24. The maximum atomic E-state index is 12.9. The van der Waals surface area contributed by atoms with Crippen molar-refractivity contribution in [2.45, 2.75) is 34.1 Å². The number of nitrogens with one attached hydrogen (secondary N) is 1. The Labute approximate surface area is 174 Å². The lowest BCUT2D eigenvalue weighted by atomic mass is 10.0. The Balaban J connectivity index is 1.87. The Kier molecular flexibility index (Phi) is 6.01. The number of hydrogen-bond acceptors (Lipinski definition) is 6. The van der Waals surface area contributed by atoms with Crippen LogP contribution < -0.4 is 0 Å². The van der Waals surface area contributed by atoms with Crippen molar-refractivity contribution in [3.05, 3.63) is 63.6 Å². The predicted octanol–water partition coefficient (Wildman–Crippen LogP) is 3.88. The van der Waals surface area contributed by atoms with Crippen molar-refractivity contribution in [1.82, 2.24) is 9.97 Å². The molecule has 0 atom stereocenters. The average Bonchev–Trinajstić information content (AvgIpc) is 3.04. The van der Waals surface area contributed by atoms with Gasteiger partial charge >= 0.3 is 11.9 Å². The van der Waals surface area contributed by atoms with Crippen molar-refractivity contribution < 1.29 is 23.9 Å². The fraction of sp³-hybridized carbons (Fsp3) is 0.304. The highest BCUT2D eigenvalue weighted by atomic mass is 16.5. The maximum Gasteiger partial charge on any atom is 0.339 e. The second kappa shape index (κ2) is 8.49. The zero-order chi connectivity index (χ0) is 22.0. The van der Waals surface area contributed by atoms with Crippen molar-refractivity contribution in [3.8, 4) is 0 Å². The molecular formula is C23H24N2O5. The lowest BCUT2D eigenvalue weighted by Gasteiger charge is -2.13. The van der Waals surface area contributed by atoms with Crippen LogP contribution in [0.2, 0.25) is 0 Å². The molecule has 2 aromatic heterocycles. The van der Waals surface area contributed by atoms with Crippen LogP contribution in [0.15, 0.2) is 24.3 Å². The van der Waals surface area contributed by atoms with E-state index < -0.39 is 24.3 Å². The van der Waals surface area contributed by atoms with Crippen LogP contribution in [0.1, 0.15) is 60.6 Å². The molecule has 3 aromatic rings. The fourth-order valence-corrected chi connectivity index (χ4v) is 3.68. The molecule has 30 heavy (non-hydrogen) atoms. The number of carbonyl (C=O) groups is 3. The van der Waals surface area contributed by atoms with Crippen LogP contribution in [-0.4, -0.2) is 41.4 Å². The number of fused-ring (bicyclic) bond motifs is 1. The number of nitrogens with zero attached hydrogens (tertiary/aromatic N) is 1. The third kappa shape index (κ3) is 3.70. The van der Waals surface area contributed by atoms with E-state index in [1.54, 1.807) is 13.8 Å². The molecule has 1 aromatic carbocycles. The van der Waals surface area contributed by atoms with Crippen molar-refractivity contribution >= 4 is 28.6 Å². The van der Waals surface area contributed by atoms with Gasteiger partial charge in [0.05, 0.1) is 29.4 Å². The van der Waals surface area contributed by atoms with E-state index in [2.05, 4.69) is 9.97 Å². The van der Waals surface area contributed by atoms with Gasteiger partial charge in [-0.1, -0.05) is 25.1 Å². The molecule has 3 rings (SSSR count). The SMILES string of the molecule is CCc1nc2ccccc2c(C(=O)OCC(=O)c2[nH]c(C)c(C(=O)OC)c2C)c1C. The standard InChI is InChI=1S/C23H24N2O5/c1-6-16-12(2)20(15-9-7-8-10-17(15)25-16)23(28)30-11-18(26)21-13(3)19(14(4)24-21)22(27)29-5/h7-10,24H,6,11H2,1-5H3. The van der Waals surface area contributed by atoms with Gasteiger partial charge in [-0.15, -0.1) is 0 Å². The van der Waals surface area contributed by atoms with Crippen LogP contribution in [0.3, 0.4) is 0 Å². The summed E-state index contributed by atoms with van der Waals surface area (Å²) < 4.78 is 10.1. The van der Waals surface area contributed by atoms with E-state index >= 15 is 0 Å². The maximum absolute atomic E-state index is 12.9. The van der Waals surface area contributed by atoms with E-state index in [0.29, 0.717) is 39.7 Å². The number of para-hydroxylation sites is 1. The molecule has 0 amide bonds. The van der Waals surface area contributed by atoms with Crippen LogP contribution in [0.5, 0.6) is 0 Å². The number of ketones is 1. The molecule has 0 unspecified atom stereocenters. The summed E-state index contributed by atoms with van der Waals surface area (Å²) in [5.74, 6) is -1.53. The number of benzene rings is 1. The molecule has 0 radical (unpaired) electrons. The van der Waals surface area contributed by atoms with Gasteiger partial charge in [0.2, 0.25) is 5.78 Å². The molecular weight excluding hydrogens is 384 g/mol. The van der Waals surface area contributed by atoms with Crippen LogP contribution in [0, 0.1) is 20.8 Å². The van der Waals surface area contributed by atoms with Gasteiger partial charge in [0.1, 0.15) is 0 Å². The monoisotopic (exact) mass is 408 g/mol. The lowest BCUT2D eigenvalue weighted by molar-refractivity contribution is 0.0474. The summed E-state index contributed by atoms with van der Waals surface area (Å²) in [6, 6.07) is 7.35. The van der Waals surface area contributed by atoms with Crippen LogP contribution in [0.4, 0.5) is 0 Å². The number of carbonyl (C=O) groups excluding carboxylic acids is 3. The summed E-state index contributed by atoms with van der Waals surface area (Å²) in [6.45, 7) is 6.69. The molecule has 0 saturated carbocycles. The summed E-state index contributed by atoms with van der Waals surface area (Å²) in [7, 11) is 1.28. The van der Waals surface area contributed by atoms with Crippen molar-refractivity contribution in [3.63, 3.8) is 0 Å². The molecule has 0 aliphatic rings. The molecule has 0 aliphatic heterocycles. The molecule has 1 N–H and O–H groups in total. The Hall–Kier alpha value is -3.48. The van der Waals surface area contributed by atoms with Crippen LogP contribution in [-0.2, 0) is 15.9 Å². The number of rotatable bonds is 6. The Morgan fingerprint density at radius 1 is 1.00 bits per heavy atom. The van der Waals surface area contributed by atoms with Gasteiger partial charge in [-0.3, -0.25) is 9.78 Å². The number of hydrogen-bond donors (Lipinski definition) is 1. The Morgan fingerprint density at radius 2 is 1.70 bits per heavy atom. The van der Waals surface area contributed by atoms with E-state index in [0.717, 1.165) is 11.3 Å². The molecule has 2 heterocycles. The molecule has 7 heteroatoms. The number of ether oxygens (including phenoxy) is 2. The van der Waals surface area contributed by atoms with E-state index in [4.69, 9.17) is 9.47 Å². The Bertz CT molecular complexity index is 1160. The Morgan fingerprint density at radius 3 is 2.37 bits per heavy atom. The summed E-state index contributed by atoms with van der Waals surface area (Å²) in [5, 5.41) is 0.685. The second-order valence-corrected chi connectivity index (χ2v) is 7.05. The first-order chi connectivity index (χ1) is 14.3. The van der Waals surface area contributed by atoms with E-state index in [1.807, 2.05) is 38.1 Å². The van der Waals surface area contributed by atoms with Gasteiger partial charge in [0, 0.05) is 16.8 Å². The largest absolute Gasteiger partial charge is 0.465 e.